The summed E-state index contributed by atoms with van der Waals surface area (Å²) in [7, 11) is 0. The monoisotopic (exact) mass is 636 g/mol. The highest BCUT2D eigenvalue weighted by Crippen LogP contribution is 2.55. The highest BCUT2D eigenvalue weighted by atomic mass is 16.8. The summed E-state index contributed by atoms with van der Waals surface area (Å²) in [5, 5.41) is 20.7. The first-order valence-electron chi connectivity index (χ1n) is 16.9. The van der Waals surface area contributed by atoms with Gasteiger partial charge in [-0.3, -0.25) is 0 Å². The van der Waals surface area contributed by atoms with E-state index in [-0.39, 0.29) is 13.2 Å². The third-order valence-electron chi connectivity index (χ3n) is 9.85. The van der Waals surface area contributed by atoms with Gasteiger partial charge in [-0.25, -0.2) is 0 Å². The van der Waals surface area contributed by atoms with E-state index in [4.69, 9.17) is 24.1 Å². The van der Waals surface area contributed by atoms with Crippen LogP contribution in [0.1, 0.15) is 72.1 Å². The molecule has 2 bridgehead atoms. The Kier molecular flexibility index (Phi) is 10.3. The molecular formula is C41H48O6. The number of unbranched alkanes of at least 4 members (excludes halogenated alkanes) is 1. The van der Waals surface area contributed by atoms with Crippen LogP contribution in [0.4, 0.5) is 0 Å². The van der Waals surface area contributed by atoms with Crippen LogP contribution in [-0.4, -0.2) is 46.8 Å². The lowest BCUT2D eigenvalue weighted by molar-refractivity contribution is -0.336. The van der Waals surface area contributed by atoms with E-state index >= 15 is 0 Å². The first-order chi connectivity index (χ1) is 22.7. The number of ether oxygens (including phenoxy) is 4. The number of aliphatic hydroxyl groups is 2. The molecule has 4 aromatic carbocycles. The standard InChI is InChI=1S/C41H48O6/c1-30-17-22-36(25-35(30)24-32-20-18-31(19-21-32)12-10-11-23-42)41-38(45-28-34-15-8-5-9-16-34)37(44-27-33-13-6-4-7-14-33)26-40(47-41,29-46-41)39(2,3)43/h4-9,13-22,25,37-38,42-43H,10-12,23-24,26-29H2,1-3H3/t37-,38+,40+,41-/m0/s1. The molecule has 0 radical (unpaired) electrons. The van der Waals surface area contributed by atoms with Crippen molar-refractivity contribution in [2.24, 2.45) is 0 Å². The van der Waals surface area contributed by atoms with Crippen LogP contribution in [0.15, 0.2) is 103 Å². The molecule has 4 atom stereocenters. The van der Waals surface area contributed by atoms with Crippen LogP contribution in [0.3, 0.4) is 0 Å². The van der Waals surface area contributed by atoms with E-state index < -0.39 is 29.2 Å². The Morgan fingerprint density at radius 3 is 2.06 bits per heavy atom. The van der Waals surface area contributed by atoms with Crippen LogP contribution in [0, 0.1) is 6.92 Å². The van der Waals surface area contributed by atoms with Gasteiger partial charge < -0.3 is 29.2 Å². The van der Waals surface area contributed by atoms with Crippen molar-refractivity contribution >= 4 is 0 Å². The fourth-order valence-corrected chi connectivity index (χ4v) is 6.81. The second-order valence-corrected chi connectivity index (χ2v) is 13.7. The fourth-order valence-electron chi connectivity index (χ4n) is 6.81. The maximum atomic E-state index is 11.5. The van der Waals surface area contributed by atoms with Gasteiger partial charge in [0.25, 0.3) is 0 Å². The SMILES string of the molecule is Cc1ccc([C@@]23OC[C@@](C(C)(C)O)(C[C@H](OCc4ccccc4)[C@H]2OCc2ccccc2)O3)cc1Cc1ccc(CCCCO)cc1. The molecule has 6 nitrogen and oxygen atoms in total. The molecule has 6 heteroatoms. The van der Waals surface area contributed by atoms with Crippen LogP contribution < -0.4 is 0 Å². The van der Waals surface area contributed by atoms with E-state index in [1.165, 1.54) is 22.3 Å². The molecule has 0 aromatic heterocycles. The van der Waals surface area contributed by atoms with E-state index in [0.29, 0.717) is 19.6 Å². The minimum absolute atomic E-state index is 0.216. The zero-order valence-electron chi connectivity index (χ0n) is 27.9. The smallest absolute Gasteiger partial charge is 0.225 e. The molecular weight excluding hydrogens is 588 g/mol. The predicted molar refractivity (Wildman–Crippen MR) is 183 cm³/mol. The van der Waals surface area contributed by atoms with Crippen LogP contribution in [0.2, 0.25) is 0 Å². The normalized spacial score (nSPS) is 24.0. The number of rotatable bonds is 14. The molecule has 2 saturated heterocycles. The average molecular weight is 637 g/mol. The van der Waals surface area contributed by atoms with Gasteiger partial charge in [0.15, 0.2) is 0 Å². The minimum atomic E-state index is -1.28. The Morgan fingerprint density at radius 1 is 0.787 bits per heavy atom. The van der Waals surface area contributed by atoms with Crippen molar-refractivity contribution in [1.82, 2.24) is 0 Å². The summed E-state index contributed by atoms with van der Waals surface area (Å²) in [6.07, 6.45) is 2.94. The van der Waals surface area contributed by atoms with Crippen molar-refractivity contribution in [1.29, 1.82) is 0 Å². The topological polar surface area (TPSA) is 77.4 Å². The molecule has 2 heterocycles. The van der Waals surface area contributed by atoms with Crippen molar-refractivity contribution in [3.05, 3.63) is 142 Å². The highest BCUT2D eigenvalue weighted by molar-refractivity contribution is 5.39. The molecule has 0 saturated carbocycles. The van der Waals surface area contributed by atoms with Gasteiger partial charge in [0, 0.05) is 18.6 Å². The summed E-state index contributed by atoms with van der Waals surface area (Å²) in [6.45, 7) is 6.94. The van der Waals surface area contributed by atoms with Crippen LogP contribution in [0.5, 0.6) is 0 Å². The van der Waals surface area contributed by atoms with Crippen LogP contribution in [0.25, 0.3) is 0 Å². The summed E-state index contributed by atoms with van der Waals surface area (Å²) in [5.74, 6) is -1.28. The van der Waals surface area contributed by atoms with Crippen molar-refractivity contribution < 1.29 is 29.2 Å². The molecule has 0 aliphatic carbocycles. The van der Waals surface area contributed by atoms with Crippen molar-refractivity contribution in [3.63, 3.8) is 0 Å². The number of hydrogen-bond donors (Lipinski definition) is 2. The first kappa shape index (κ1) is 33.5. The molecule has 6 rings (SSSR count). The van der Waals surface area contributed by atoms with E-state index in [2.05, 4.69) is 73.7 Å². The van der Waals surface area contributed by atoms with E-state index in [0.717, 1.165) is 42.4 Å². The summed E-state index contributed by atoms with van der Waals surface area (Å²) in [4.78, 5) is 0. The predicted octanol–water partition coefficient (Wildman–Crippen LogP) is 7.18. The Morgan fingerprint density at radius 2 is 1.43 bits per heavy atom. The van der Waals surface area contributed by atoms with Gasteiger partial charge in [-0.2, -0.15) is 0 Å². The van der Waals surface area contributed by atoms with Gasteiger partial charge in [-0.05, 0) is 85.9 Å². The molecule has 2 fully saturated rings. The lowest BCUT2D eigenvalue weighted by Gasteiger charge is -2.50. The number of aliphatic hydroxyl groups excluding tert-OH is 1. The average Bonchev–Trinajstić information content (AvgIpc) is 3.42. The van der Waals surface area contributed by atoms with Gasteiger partial charge in [0.05, 0.1) is 31.5 Å². The summed E-state index contributed by atoms with van der Waals surface area (Å²) in [6, 6.07) is 35.4. The molecule has 2 N–H and O–H groups in total. The fraction of sp³-hybridized carbons (Fsp3) is 0.415. The molecule has 0 unspecified atom stereocenters. The van der Waals surface area contributed by atoms with Gasteiger partial charge >= 0.3 is 0 Å². The van der Waals surface area contributed by atoms with Crippen LogP contribution >= 0.6 is 0 Å². The second kappa shape index (κ2) is 14.4. The quantitative estimate of drug-likeness (QED) is 0.143. The number of aryl methyl sites for hydroxylation is 2. The Hall–Kier alpha value is -3.36. The zero-order chi connectivity index (χ0) is 32.9. The molecule has 4 aromatic rings. The van der Waals surface area contributed by atoms with Crippen molar-refractivity contribution in [3.8, 4) is 0 Å². The zero-order valence-corrected chi connectivity index (χ0v) is 27.9. The van der Waals surface area contributed by atoms with Crippen LogP contribution in [-0.2, 0) is 50.8 Å². The lowest BCUT2D eigenvalue weighted by atomic mass is 9.77. The third-order valence-corrected chi connectivity index (χ3v) is 9.85. The van der Waals surface area contributed by atoms with E-state index in [1.54, 1.807) is 13.8 Å². The Labute approximate surface area is 279 Å². The Bertz CT molecular complexity index is 1580. The second-order valence-electron chi connectivity index (χ2n) is 13.7. The molecule has 47 heavy (non-hydrogen) atoms. The molecule has 2 aliphatic heterocycles. The third kappa shape index (κ3) is 7.39. The molecule has 0 spiro atoms. The minimum Gasteiger partial charge on any atom is -0.396 e. The molecule has 2 aliphatic rings. The van der Waals surface area contributed by atoms with Gasteiger partial charge in [-0.15, -0.1) is 0 Å². The lowest BCUT2D eigenvalue weighted by Crippen LogP contribution is -2.63. The summed E-state index contributed by atoms with van der Waals surface area (Å²) < 4.78 is 27.3. The van der Waals surface area contributed by atoms with Gasteiger partial charge in [0.2, 0.25) is 5.79 Å². The number of benzene rings is 4. The van der Waals surface area contributed by atoms with Crippen molar-refractivity contribution in [2.75, 3.05) is 13.2 Å². The maximum absolute atomic E-state index is 11.5. The first-order valence-corrected chi connectivity index (χ1v) is 16.9. The maximum Gasteiger partial charge on any atom is 0.225 e. The molecule has 0 amide bonds. The van der Waals surface area contributed by atoms with Gasteiger partial charge in [0.1, 0.15) is 11.7 Å². The number of fused-ring (bicyclic) bond motifs is 2. The summed E-state index contributed by atoms with van der Waals surface area (Å²) >= 11 is 0. The number of hydrogen-bond acceptors (Lipinski definition) is 6. The summed E-state index contributed by atoms with van der Waals surface area (Å²) in [5.41, 5.74) is 5.64. The van der Waals surface area contributed by atoms with E-state index in [1.807, 2.05) is 36.4 Å². The van der Waals surface area contributed by atoms with Crippen molar-refractivity contribution in [2.45, 2.75) is 95.3 Å². The largest absolute Gasteiger partial charge is 0.396 e. The van der Waals surface area contributed by atoms with E-state index in [9.17, 15) is 5.11 Å². The highest BCUT2D eigenvalue weighted by Gasteiger charge is 2.68. The van der Waals surface area contributed by atoms with Gasteiger partial charge in [-0.1, -0.05) is 97.1 Å². The Balaban J connectivity index is 1.34. The molecule has 248 valence electrons.